The van der Waals surface area contributed by atoms with Crippen LogP contribution < -0.4 is 4.72 Å². The molecule has 0 atom stereocenters. The summed E-state index contributed by atoms with van der Waals surface area (Å²) in [5, 5.41) is 0.759. The average Bonchev–Trinajstić information content (AvgIpc) is 2.72. The summed E-state index contributed by atoms with van der Waals surface area (Å²) in [6, 6.07) is 7.22. The van der Waals surface area contributed by atoms with Crippen LogP contribution in [0.4, 0.5) is 0 Å². The van der Waals surface area contributed by atoms with Gasteiger partial charge in [-0.05, 0) is 19.9 Å². The van der Waals surface area contributed by atoms with Crippen LogP contribution >= 0.6 is 0 Å². The molecule has 0 aliphatic rings. The maximum absolute atomic E-state index is 11.8. The van der Waals surface area contributed by atoms with Crippen LogP contribution in [0.2, 0.25) is 0 Å². The number of nitrogens with zero attached hydrogens (tertiary/aromatic N) is 1. The quantitative estimate of drug-likeness (QED) is 0.867. The molecule has 0 fully saturated rings. The SMILES string of the molecule is CC.CC(=O)c1c(C)n(CC(=O)NS(C)(=O)=O)c2ccccc12. The number of aromatic nitrogens is 1. The van der Waals surface area contributed by atoms with Crippen LogP contribution in [-0.4, -0.2) is 30.9 Å². The van der Waals surface area contributed by atoms with E-state index in [1.807, 2.05) is 30.7 Å². The second kappa shape index (κ2) is 7.41. The van der Waals surface area contributed by atoms with Crippen molar-refractivity contribution < 1.29 is 18.0 Å². The number of carbonyl (C=O) groups is 2. The highest BCUT2D eigenvalue weighted by Gasteiger charge is 2.19. The molecule has 0 saturated carbocycles. The van der Waals surface area contributed by atoms with Crippen molar-refractivity contribution in [2.75, 3.05) is 6.26 Å². The highest BCUT2D eigenvalue weighted by atomic mass is 32.2. The van der Waals surface area contributed by atoms with E-state index in [-0.39, 0.29) is 12.3 Å². The second-order valence-corrected chi connectivity index (χ2v) is 6.67. The fraction of sp³-hybridized carbons (Fsp3) is 0.375. The number of para-hydroxylation sites is 1. The molecule has 2 rings (SSSR count). The highest BCUT2D eigenvalue weighted by Crippen LogP contribution is 2.26. The third-order valence-electron chi connectivity index (χ3n) is 3.18. The summed E-state index contributed by atoms with van der Waals surface area (Å²) < 4.78 is 25.8. The molecule has 1 aromatic carbocycles. The van der Waals surface area contributed by atoms with Gasteiger partial charge in [-0.25, -0.2) is 8.42 Å². The third kappa shape index (κ3) is 4.41. The summed E-state index contributed by atoms with van der Waals surface area (Å²) >= 11 is 0. The predicted octanol–water partition coefficient (Wildman–Crippen LogP) is 2.25. The summed E-state index contributed by atoms with van der Waals surface area (Å²) in [6.07, 6.45) is 0.923. The van der Waals surface area contributed by atoms with Crippen molar-refractivity contribution in [1.29, 1.82) is 0 Å². The van der Waals surface area contributed by atoms with Gasteiger partial charge >= 0.3 is 0 Å². The first-order valence-electron chi connectivity index (χ1n) is 7.30. The smallest absolute Gasteiger partial charge is 0.253 e. The van der Waals surface area contributed by atoms with Crippen LogP contribution in [0.1, 0.15) is 36.8 Å². The zero-order chi connectivity index (χ0) is 17.8. The van der Waals surface area contributed by atoms with E-state index in [4.69, 9.17) is 0 Å². The van der Waals surface area contributed by atoms with E-state index >= 15 is 0 Å². The van der Waals surface area contributed by atoms with Gasteiger partial charge in [-0.3, -0.25) is 14.3 Å². The molecule has 0 aliphatic heterocycles. The zero-order valence-electron chi connectivity index (χ0n) is 14.0. The number of hydrogen-bond acceptors (Lipinski definition) is 4. The lowest BCUT2D eigenvalue weighted by molar-refractivity contribution is -0.119. The van der Waals surface area contributed by atoms with Gasteiger partial charge in [0, 0.05) is 22.2 Å². The minimum Gasteiger partial charge on any atom is -0.335 e. The van der Waals surface area contributed by atoms with E-state index in [0.29, 0.717) is 11.3 Å². The zero-order valence-corrected chi connectivity index (χ0v) is 14.8. The molecule has 0 saturated heterocycles. The summed E-state index contributed by atoms with van der Waals surface area (Å²) in [5.41, 5.74) is 1.92. The van der Waals surface area contributed by atoms with Gasteiger partial charge in [-0.1, -0.05) is 32.0 Å². The van der Waals surface area contributed by atoms with Gasteiger partial charge in [0.05, 0.1) is 6.26 Å². The standard InChI is InChI=1S/C14H16N2O4S.C2H6/c1-9-14(10(2)17)11-6-4-5-7-12(11)16(9)8-13(18)15-21(3,19)20;1-2/h4-7H,8H2,1-3H3,(H,15,18);1-2H3. The molecule has 0 radical (unpaired) electrons. The second-order valence-electron chi connectivity index (χ2n) is 4.92. The first-order valence-corrected chi connectivity index (χ1v) is 9.19. The van der Waals surface area contributed by atoms with Crippen molar-refractivity contribution in [3.63, 3.8) is 0 Å². The largest absolute Gasteiger partial charge is 0.335 e. The summed E-state index contributed by atoms with van der Waals surface area (Å²) in [6.45, 7) is 7.05. The van der Waals surface area contributed by atoms with Crippen molar-refractivity contribution in [1.82, 2.24) is 9.29 Å². The van der Waals surface area contributed by atoms with E-state index in [1.165, 1.54) is 6.92 Å². The van der Waals surface area contributed by atoms with Crippen LogP contribution in [-0.2, 0) is 21.4 Å². The van der Waals surface area contributed by atoms with Crippen LogP contribution in [0.15, 0.2) is 24.3 Å². The molecule has 0 bridgehead atoms. The molecule has 23 heavy (non-hydrogen) atoms. The van der Waals surface area contributed by atoms with Gasteiger partial charge in [0.15, 0.2) is 5.78 Å². The van der Waals surface area contributed by atoms with Crippen LogP contribution in [0, 0.1) is 6.92 Å². The number of benzene rings is 1. The number of sulfonamides is 1. The van der Waals surface area contributed by atoms with Gasteiger partial charge in [-0.15, -0.1) is 0 Å². The van der Waals surface area contributed by atoms with E-state index in [9.17, 15) is 18.0 Å². The van der Waals surface area contributed by atoms with Gasteiger partial charge < -0.3 is 4.57 Å². The molecule has 126 valence electrons. The Kier molecular flexibility index (Phi) is 6.09. The van der Waals surface area contributed by atoms with E-state index in [2.05, 4.69) is 0 Å². The Morgan fingerprint density at radius 1 is 1.17 bits per heavy atom. The number of fused-ring (bicyclic) bond motifs is 1. The van der Waals surface area contributed by atoms with Gasteiger partial charge in [0.1, 0.15) is 6.54 Å². The number of Topliss-reactive ketones (excluding diaryl/α,β-unsaturated/α-hetero) is 1. The van der Waals surface area contributed by atoms with E-state index < -0.39 is 15.9 Å². The maximum Gasteiger partial charge on any atom is 0.253 e. The minimum absolute atomic E-state index is 0.0917. The number of amides is 1. The van der Waals surface area contributed by atoms with Gasteiger partial charge in [-0.2, -0.15) is 0 Å². The van der Waals surface area contributed by atoms with Crippen molar-refractivity contribution in [3.8, 4) is 0 Å². The first-order chi connectivity index (χ1) is 10.7. The monoisotopic (exact) mass is 338 g/mol. The number of carbonyl (C=O) groups excluding carboxylic acids is 2. The van der Waals surface area contributed by atoms with Crippen molar-refractivity contribution >= 4 is 32.6 Å². The molecule has 6 nitrogen and oxygen atoms in total. The van der Waals surface area contributed by atoms with Crippen molar-refractivity contribution in [2.24, 2.45) is 0 Å². The predicted molar refractivity (Wildman–Crippen MR) is 91.0 cm³/mol. The molecule has 0 unspecified atom stereocenters. The van der Waals surface area contributed by atoms with E-state index in [0.717, 1.165) is 17.2 Å². The van der Waals surface area contributed by atoms with Crippen LogP contribution in [0.3, 0.4) is 0 Å². The lowest BCUT2D eigenvalue weighted by Gasteiger charge is -2.08. The van der Waals surface area contributed by atoms with Crippen LogP contribution in [0.25, 0.3) is 10.9 Å². The Labute approximate surface area is 136 Å². The maximum atomic E-state index is 11.8. The molecule has 7 heteroatoms. The summed E-state index contributed by atoms with van der Waals surface area (Å²) in [5.74, 6) is -0.734. The Bertz CT molecular complexity index is 835. The molecular formula is C16H22N2O4S. The molecule has 1 N–H and O–H groups in total. The number of hydrogen-bond donors (Lipinski definition) is 1. The van der Waals surface area contributed by atoms with Crippen LogP contribution in [0.5, 0.6) is 0 Å². The number of nitrogens with one attached hydrogen (secondary N) is 1. The molecule has 1 aromatic heterocycles. The molecule has 0 spiro atoms. The molecule has 0 aliphatic carbocycles. The topological polar surface area (TPSA) is 85.2 Å². The summed E-state index contributed by atoms with van der Waals surface area (Å²) in [4.78, 5) is 23.6. The lowest BCUT2D eigenvalue weighted by Crippen LogP contribution is -2.32. The Morgan fingerprint density at radius 2 is 1.74 bits per heavy atom. The molecule has 1 heterocycles. The Morgan fingerprint density at radius 3 is 2.26 bits per heavy atom. The van der Waals surface area contributed by atoms with Crippen molar-refractivity contribution in [3.05, 3.63) is 35.5 Å². The minimum atomic E-state index is -3.60. The number of ketones is 1. The van der Waals surface area contributed by atoms with E-state index in [1.54, 1.807) is 23.6 Å². The van der Waals surface area contributed by atoms with Crippen molar-refractivity contribution in [2.45, 2.75) is 34.2 Å². The third-order valence-corrected chi connectivity index (χ3v) is 3.78. The lowest BCUT2D eigenvalue weighted by atomic mass is 10.1. The fourth-order valence-corrected chi connectivity index (χ4v) is 2.94. The number of rotatable bonds is 4. The first kappa shape index (κ1) is 18.9. The Balaban J connectivity index is 0.00000127. The van der Waals surface area contributed by atoms with Gasteiger partial charge in [0.25, 0.3) is 5.91 Å². The molecular weight excluding hydrogens is 316 g/mol. The average molecular weight is 338 g/mol. The normalized spacial score (nSPS) is 10.8. The fourth-order valence-electron chi connectivity index (χ4n) is 2.46. The molecule has 2 aromatic rings. The highest BCUT2D eigenvalue weighted by molar-refractivity contribution is 7.89. The Hall–Kier alpha value is -2.15. The van der Waals surface area contributed by atoms with Gasteiger partial charge in [0.2, 0.25) is 10.0 Å². The summed E-state index contributed by atoms with van der Waals surface area (Å²) in [7, 11) is -3.60. The molecule has 1 amide bonds.